The summed E-state index contributed by atoms with van der Waals surface area (Å²) in [6.45, 7) is 28.4. The number of aryl methyl sites for hydroxylation is 4. The molecule has 4 aliphatic heterocycles. The summed E-state index contributed by atoms with van der Waals surface area (Å²) >= 11 is 4.58. The first-order chi connectivity index (χ1) is 67.1. The predicted molar refractivity (Wildman–Crippen MR) is 550 cm³/mol. The van der Waals surface area contributed by atoms with Crippen LogP contribution in [0.4, 0.5) is 36.4 Å². The molecule has 770 valence electrons. The van der Waals surface area contributed by atoms with Crippen LogP contribution in [0.25, 0.3) is 41.8 Å². The first kappa shape index (κ1) is 107. The molecule has 0 spiro atoms. The van der Waals surface area contributed by atoms with Gasteiger partial charge in [0.25, 0.3) is 53.2 Å². The molecule has 39 heteroatoms. The van der Waals surface area contributed by atoms with Gasteiger partial charge in [-0.25, -0.2) is 53.0 Å². The molecule has 4 saturated heterocycles. The van der Waals surface area contributed by atoms with Gasteiger partial charge in [0, 0.05) is 142 Å². The maximum atomic E-state index is 15.0. The van der Waals surface area contributed by atoms with Crippen LogP contribution < -0.4 is 42.5 Å². The Morgan fingerprint density at radius 3 is 0.944 bits per heavy atom. The minimum absolute atomic E-state index is 0.0124. The second-order valence-electron chi connectivity index (χ2n) is 42.5. The van der Waals surface area contributed by atoms with Crippen LogP contribution in [0.2, 0.25) is 0 Å². The number of alkyl halides is 3. The summed E-state index contributed by atoms with van der Waals surface area (Å²) in [7, 11) is 0. The maximum absolute atomic E-state index is 15.0. The number of carbonyl (C=O) groups is 8. The molecule has 5 aliphatic carbocycles. The molecule has 17 rings (SSSR count). The normalized spacial score (nSPS) is 21.3. The van der Waals surface area contributed by atoms with Gasteiger partial charge in [0.1, 0.15) is 51.7 Å². The maximum Gasteiger partial charge on any atom is 0.280 e. The van der Waals surface area contributed by atoms with E-state index in [2.05, 4.69) is 89.3 Å². The third-order valence-electron chi connectivity index (χ3n) is 28.0. The van der Waals surface area contributed by atoms with Gasteiger partial charge >= 0.3 is 0 Å². The number of nitrogens with one attached hydrogen (secondary N) is 8. The lowest BCUT2D eigenvalue weighted by Crippen LogP contribution is -2.43. The molecule has 0 radical (unpaired) electrons. The number of aromatic nitrogens is 8. The number of nitrogens with zero attached hydrogens (tertiary/aromatic N) is 12. The highest BCUT2D eigenvalue weighted by Crippen LogP contribution is 2.44. The van der Waals surface area contributed by atoms with E-state index in [1.807, 2.05) is 75.6 Å². The Morgan fingerprint density at radius 1 is 0.387 bits per heavy atom. The number of carbonyl (C=O) groups excluding carboxylic acids is 8. The van der Waals surface area contributed by atoms with E-state index in [0.29, 0.717) is 105 Å². The predicted octanol–water partition coefficient (Wildman–Crippen LogP) is 17.1. The second kappa shape index (κ2) is 45.6. The molecule has 12 heterocycles. The lowest BCUT2D eigenvalue weighted by Gasteiger charge is -2.35. The van der Waals surface area contributed by atoms with Gasteiger partial charge in [0.15, 0.2) is 20.0 Å². The number of pyridine rings is 4. The molecule has 6 atom stereocenters. The van der Waals surface area contributed by atoms with E-state index in [4.69, 9.17) is 0 Å². The molecule has 8 amide bonds. The molecule has 9 aliphatic rings. The molecule has 8 aromatic heterocycles. The minimum atomic E-state index is -2.97. The zero-order valence-corrected chi connectivity index (χ0v) is 87.7. The summed E-state index contributed by atoms with van der Waals surface area (Å²) in [6, 6.07) is 8.52. The lowest BCUT2D eigenvalue weighted by molar-refractivity contribution is 0.0117. The smallest absolute Gasteiger partial charge is 0.280 e. The van der Waals surface area contributed by atoms with Crippen molar-refractivity contribution in [3.63, 3.8) is 0 Å². The minimum Gasteiger partial charge on any atom is -0.389 e. The number of amides is 8. The fourth-order valence-electron chi connectivity index (χ4n) is 19.5. The molecule has 8 aromatic rings. The summed E-state index contributed by atoms with van der Waals surface area (Å²) in [5, 5.41) is 65.2. The van der Waals surface area contributed by atoms with Gasteiger partial charge in [-0.3, -0.25) is 38.4 Å². The van der Waals surface area contributed by atoms with Crippen LogP contribution in [0.1, 0.15) is 347 Å². The quantitative estimate of drug-likeness (QED) is 0.0217. The van der Waals surface area contributed by atoms with Crippen LogP contribution in [0, 0.1) is 27.7 Å². The van der Waals surface area contributed by atoms with Gasteiger partial charge in [-0.05, 0) is 253 Å². The number of thiazole rings is 4. The van der Waals surface area contributed by atoms with E-state index in [0.717, 1.165) is 175 Å². The SMILES string of the molecule is Cc1cc(NC2CCCC2)ncc1-c1sc(C(=O)NCC(C)(C)O)nc1C(=O)N1CCC[C@@H]1C.Cc1cc(NC2CCCC2)ncc1-c1sc(C(=O)NCC2(O)CC2)nc1C(=O)N1CCC[C@@H]1C.Cc1cc(NC2CCCCC2)ncc1-c1sc(C(=O)NCC(C)(C)O)nc1C(=O)N1CC(F)(F)C[C@@H]1C.Cc1cc(N[C@H]2CCCCC2(C)F)ncc1-c1sc(C(=O)NCC(C)(C)O)nc1C(=O)N1CCC[C@@H]1C. The number of rotatable bonds is 28. The number of halogens is 3. The Balaban J connectivity index is 0.000000150. The zero-order chi connectivity index (χ0) is 102. The molecular weight excluding hydrogens is 1890 g/mol. The second-order valence-corrected chi connectivity index (χ2v) is 46.5. The Hall–Kier alpha value is -10.3. The highest BCUT2D eigenvalue weighted by atomic mass is 32.1. The van der Waals surface area contributed by atoms with E-state index in [1.165, 1.54) is 67.6 Å². The summed E-state index contributed by atoms with van der Waals surface area (Å²) in [5.74, 6) is -2.83. The van der Waals surface area contributed by atoms with Crippen LogP contribution in [-0.4, -0.2) is 262 Å². The van der Waals surface area contributed by atoms with Crippen molar-refractivity contribution in [3.05, 3.63) is 114 Å². The molecule has 0 aromatic carbocycles. The van der Waals surface area contributed by atoms with Crippen LogP contribution >= 0.6 is 45.3 Å². The van der Waals surface area contributed by atoms with Crippen LogP contribution in [0.3, 0.4) is 0 Å². The van der Waals surface area contributed by atoms with Crippen molar-refractivity contribution in [2.24, 2.45) is 0 Å². The fraction of sp³-hybridized carbons (Fsp3) is 0.612. The van der Waals surface area contributed by atoms with Crippen molar-refractivity contribution in [1.82, 2.24) is 80.7 Å². The molecule has 142 heavy (non-hydrogen) atoms. The van der Waals surface area contributed by atoms with Gasteiger partial charge < -0.3 is 82.6 Å². The van der Waals surface area contributed by atoms with Crippen molar-refractivity contribution in [2.45, 2.75) is 353 Å². The fourth-order valence-corrected chi connectivity index (χ4v) is 23.7. The van der Waals surface area contributed by atoms with Gasteiger partial charge in [0.05, 0.1) is 54.5 Å². The molecule has 0 bridgehead atoms. The van der Waals surface area contributed by atoms with E-state index in [9.17, 15) is 67.6 Å². The standard InChI is InChI=1S/C27H38FN5O3S.C26H35F2N5O3S.C25H33N5O3S.C25H35N5O3S/c1-16-13-20(31-19-10-6-7-11-27(19,5)28)29-14-18(16)22-21(25(35)33-12-8-9-17(33)2)32-24(37-22)23(34)30-15-26(3,4)36;1-15-10-19(31-17-8-6-5-7-9-17)29-12-18(15)21-20(24(35)33-14-26(27,28)11-16(33)2)32-23(37-21)22(34)30-13-25(3,4)36;1-15-12-19(28-17-7-3-4-8-17)26-13-18(15)21-20(24(32)30-11-5-6-16(30)2)29-23(34-21)22(31)27-14-25(33)9-10-25;1-15-12-19(28-17-9-5-6-10-17)26-13-18(15)21-20(24(32)30-11-7-8-16(30)2)29-23(34-21)22(31)27-14-25(3,4)33/h13-14,17,19,36H,6-12,15H2,1-5H3,(H,29,31)(H,30,34);10,12,16-17,36H,5-9,11,13-14H2,1-4H3,(H,29,31)(H,30,34);12-13,16-17,33H,3-11,14H2,1-2H3,(H,26,28)(H,27,31);12-13,16-17,33H,5-11,14H2,1-4H3,(H,26,28)(H,27,31)/t17-,19-,27?;3*16-/m0000/s1. The van der Waals surface area contributed by atoms with Gasteiger partial charge in [-0.15, -0.1) is 45.3 Å². The first-order valence-electron chi connectivity index (χ1n) is 50.4. The largest absolute Gasteiger partial charge is 0.389 e. The van der Waals surface area contributed by atoms with Gasteiger partial charge in [-0.2, -0.15) is 0 Å². The zero-order valence-electron chi connectivity index (χ0n) is 84.5. The van der Waals surface area contributed by atoms with E-state index in [1.54, 1.807) is 85.1 Å². The molecule has 5 saturated carbocycles. The van der Waals surface area contributed by atoms with Gasteiger partial charge in [0.2, 0.25) is 0 Å². The summed E-state index contributed by atoms with van der Waals surface area (Å²) < 4.78 is 43.2. The Morgan fingerprint density at radius 2 is 0.676 bits per heavy atom. The number of hydrogen-bond donors (Lipinski definition) is 12. The van der Waals surface area contributed by atoms with Crippen molar-refractivity contribution >= 4 is 116 Å². The number of aliphatic hydroxyl groups is 4. The molecule has 32 nitrogen and oxygen atoms in total. The number of anilines is 4. The topological polar surface area (TPSA) is 430 Å². The van der Waals surface area contributed by atoms with Crippen molar-refractivity contribution < 1.29 is 72.0 Å². The Kier molecular flexibility index (Phi) is 34.5. The molecular formula is C103H141F3N20O12S4. The highest BCUT2D eigenvalue weighted by molar-refractivity contribution is 7.18. The Bertz CT molecular complexity index is 5700. The summed E-state index contributed by atoms with van der Waals surface area (Å²) in [4.78, 5) is 150. The lowest BCUT2D eigenvalue weighted by atomic mass is 9.83. The van der Waals surface area contributed by atoms with Crippen molar-refractivity contribution in [1.29, 1.82) is 0 Å². The monoisotopic (exact) mass is 2030 g/mol. The van der Waals surface area contributed by atoms with Crippen LogP contribution in [0.5, 0.6) is 0 Å². The average Bonchev–Trinajstić information content (AvgIpc) is 1.62. The average molecular weight is 2040 g/mol. The molecule has 9 fully saturated rings. The highest BCUT2D eigenvalue weighted by Gasteiger charge is 2.48. The third kappa shape index (κ3) is 27.7. The van der Waals surface area contributed by atoms with Crippen LogP contribution in [-0.2, 0) is 0 Å². The third-order valence-corrected chi connectivity index (χ3v) is 32.4. The summed E-state index contributed by atoms with van der Waals surface area (Å²) in [6.07, 6.45) is 32.2. The number of hydrogen-bond acceptors (Lipinski definition) is 28. The van der Waals surface area contributed by atoms with Crippen molar-refractivity contribution in [3.8, 4) is 41.8 Å². The Labute approximate surface area is 845 Å². The molecule has 1 unspecified atom stereocenters. The van der Waals surface area contributed by atoms with Gasteiger partial charge in [-0.1, -0.05) is 57.8 Å². The van der Waals surface area contributed by atoms with E-state index in [-0.39, 0.29) is 105 Å². The van der Waals surface area contributed by atoms with Crippen molar-refractivity contribution in [2.75, 3.05) is 73.6 Å². The van der Waals surface area contributed by atoms with E-state index < -0.39 is 76.6 Å². The summed E-state index contributed by atoms with van der Waals surface area (Å²) in [5.41, 5.74) is 2.10. The molecule has 12 N–H and O–H groups in total. The van der Waals surface area contributed by atoms with E-state index >= 15 is 4.39 Å². The van der Waals surface area contributed by atoms with Crippen LogP contribution in [0.15, 0.2) is 49.1 Å². The first-order valence-corrected chi connectivity index (χ1v) is 53.7. The number of likely N-dealkylation sites (tertiary alicyclic amines) is 4.